The Bertz CT molecular complexity index is 351. The summed E-state index contributed by atoms with van der Waals surface area (Å²) in [6.07, 6.45) is 15.8. The van der Waals surface area contributed by atoms with Gasteiger partial charge in [-0.25, -0.2) is 9.97 Å². The Balaban J connectivity index is 1.92. The average molecular weight is 277 g/mol. The van der Waals surface area contributed by atoms with Crippen molar-refractivity contribution in [1.82, 2.24) is 9.97 Å². The van der Waals surface area contributed by atoms with Crippen LogP contribution in [-0.2, 0) is 0 Å². The molecule has 0 aliphatic rings. The van der Waals surface area contributed by atoms with Crippen LogP contribution in [0.4, 0.5) is 5.95 Å². The van der Waals surface area contributed by atoms with E-state index in [0.29, 0.717) is 11.5 Å². The Morgan fingerprint density at radius 3 is 2.05 bits per heavy atom. The van der Waals surface area contributed by atoms with Gasteiger partial charge in [-0.15, -0.1) is 0 Å². The van der Waals surface area contributed by atoms with Gasteiger partial charge in [0.1, 0.15) is 0 Å². The molecule has 0 fully saturated rings. The van der Waals surface area contributed by atoms with Crippen LogP contribution in [0.3, 0.4) is 0 Å². The first-order valence-corrected chi connectivity index (χ1v) is 7.88. The van der Waals surface area contributed by atoms with Crippen LogP contribution in [0.2, 0.25) is 0 Å². The van der Waals surface area contributed by atoms with Crippen molar-refractivity contribution >= 4 is 12.2 Å². The largest absolute Gasteiger partial charge is 0.354 e. The van der Waals surface area contributed by atoms with E-state index in [-0.39, 0.29) is 0 Å². The molecule has 1 rings (SSSR count). The zero-order valence-corrected chi connectivity index (χ0v) is 12.6. The third-order valence-electron chi connectivity index (χ3n) is 3.37. The molecule has 4 nitrogen and oxygen atoms in total. The van der Waals surface area contributed by atoms with E-state index in [4.69, 9.17) is 0 Å². The van der Waals surface area contributed by atoms with Gasteiger partial charge in [-0.1, -0.05) is 58.3 Å². The van der Waals surface area contributed by atoms with Crippen LogP contribution < -0.4 is 5.32 Å². The maximum atomic E-state index is 10.5. The van der Waals surface area contributed by atoms with Crippen LogP contribution >= 0.6 is 0 Å². The molecule has 1 aromatic rings. The van der Waals surface area contributed by atoms with Crippen molar-refractivity contribution in [2.75, 3.05) is 11.9 Å². The predicted molar refractivity (Wildman–Crippen MR) is 83.1 cm³/mol. The van der Waals surface area contributed by atoms with Crippen LogP contribution in [0.15, 0.2) is 12.4 Å². The monoisotopic (exact) mass is 277 g/mol. The molecule has 0 bridgehead atoms. The topological polar surface area (TPSA) is 54.9 Å². The molecule has 0 aliphatic carbocycles. The summed E-state index contributed by atoms with van der Waals surface area (Å²) < 4.78 is 0. The van der Waals surface area contributed by atoms with Crippen molar-refractivity contribution in [1.29, 1.82) is 0 Å². The molecule has 112 valence electrons. The smallest absolute Gasteiger partial charge is 0.222 e. The number of anilines is 1. The normalized spacial score (nSPS) is 10.4. The molecule has 0 aliphatic heterocycles. The van der Waals surface area contributed by atoms with Crippen molar-refractivity contribution < 1.29 is 4.79 Å². The minimum atomic E-state index is 0.513. The third-order valence-corrected chi connectivity index (χ3v) is 3.37. The molecular formula is C16H27N3O. The summed E-state index contributed by atoms with van der Waals surface area (Å²) in [6, 6.07) is 0. The summed E-state index contributed by atoms with van der Waals surface area (Å²) in [6.45, 7) is 3.15. The molecule has 1 N–H and O–H groups in total. The summed E-state index contributed by atoms with van der Waals surface area (Å²) in [7, 11) is 0. The third kappa shape index (κ3) is 7.87. The minimum absolute atomic E-state index is 0.513. The van der Waals surface area contributed by atoms with Crippen molar-refractivity contribution in [3.05, 3.63) is 18.0 Å². The molecular weight excluding hydrogens is 250 g/mol. The average Bonchev–Trinajstić information content (AvgIpc) is 2.50. The van der Waals surface area contributed by atoms with Gasteiger partial charge in [0.15, 0.2) is 6.29 Å². The summed E-state index contributed by atoms with van der Waals surface area (Å²) in [5.74, 6) is 0.607. The van der Waals surface area contributed by atoms with E-state index in [1.807, 2.05) is 0 Å². The van der Waals surface area contributed by atoms with Gasteiger partial charge in [-0.2, -0.15) is 0 Å². The van der Waals surface area contributed by atoms with Crippen molar-refractivity contribution in [3.63, 3.8) is 0 Å². The van der Waals surface area contributed by atoms with E-state index in [9.17, 15) is 4.79 Å². The van der Waals surface area contributed by atoms with E-state index in [2.05, 4.69) is 22.2 Å². The molecule has 1 aromatic heterocycles. The molecule has 0 saturated heterocycles. The summed E-state index contributed by atoms with van der Waals surface area (Å²) in [4.78, 5) is 18.6. The van der Waals surface area contributed by atoms with Gasteiger partial charge in [-0.05, 0) is 6.42 Å². The van der Waals surface area contributed by atoms with Crippen molar-refractivity contribution in [2.24, 2.45) is 0 Å². The number of nitrogens with zero attached hydrogens (tertiary/aromatic N) is 2. The van der Waals surface area contributed by atoms with Gasteiger partial charge in [0.05, 0.1) is 5.56 Å². The molecule has 1 heterocycles. The van der Waals surface area contributed by atoms with E-state index in [1.165, 1.54) is 51.4 Å². The van der Waals surface area contributed by atoms with Gasteiger partial charge >= 0.3 is 0 Å². The van der Waals surface area contributed by atoms with E-state index in [1.54, 1.807) is 12.4 Å². The maximum absolute atomic E-state index is 10.5. The highest BCUT2D eigenvalue weighted by molar-refractivity contribution is 5.73. The number of hydrogen-bond acceptors (Lipinski definition) is 4. The zero-order chi connectivity index (χ0) is 14.5. The second-order valence-corrected chi connectivity index (χ2v) is 5.21. The van der Waals surface area contributed by atoms with Crippen LogP contribution in [0.1, 0.15) is 75.1 Å². The second-order valence-electron chi connectivity index (χ2n) is 5.21. The van der Waals surface area contributed by atoms with E-state index < -0.39 is 0 Å². The first-order valence-electron chi connectivity index (χ1n) is 7.88. The SMILES string of the molecule is CCCCCCCCCCCNc1ncc(C=O)cn1. The lowest BCUT2D eigenvalue weighted by atomic mass is 10.1. The van der Waals surface area contributed by atoms with E-state index >= 15 is 0 Å². The zero-order valence-electron chi connectivity index (χ0n) is 12.6. The number of aromatic nitrogens is 2. The number of carbonyl (C=O) groups is 1. The Labute approximate surface area is 122 Å². The first kappa shape index (κ1) is 16.6. The Kier molecular flexibility index (Phi) is 9.45. The number of hydrogen-bond donors (Lipinski definition) is 1. The number of unbranched alkanes of at least 4 members (excludes halogenated alkanes) is 8. The molecule has 4 heteroatoms. The Morgan fingerprint density at radius 1 is 0.950 bits per heavy atom. The van der Waals surface area contributed by atoms with Crippen LogP contribution in [0, 0.1) is 0 Å². The Morgan fingerprint density at radius 2 is 1.50 bits per heavy atom. The second kappa shape index (κ2) is 11.4. The standard InChI is InChI=1S/C16H27N3O/c1-2-3-4-5-6-7-8-9-10-11-17-16-18-12-15(14-20)13-19-16/h12-14H,2-11H2,1H3,(H,17,18,19). The van der Waals surface area contributed by atoms with Crippen LogP contribution in [0.25, 0.3) is 0 Å². The van der Waals surface area contributed by atoms with Crippen molar-refractivity contribution in [3.8, 4) is 0 Å². The maximum Gasteiger partial charge on any atom is 0.222 e. The van der Waals surface area contributed by atoms with Gasteiger partial charge in [0, 0.05) is 18.9 Å². The first-order chi connectivity index (χ1) is 9.86. The molecule has 0 unspecified atom stereocenters. The van der Waals surface area contributed by atoms with Gasteiger partial charge in [-0.3, -0.25) is 4.79 Å². The fourth-order valence-electron chi connectivity index (χ4n) is 2.13. The fraction of sp³-hybridized carbons (Fsp3) is 0.688. The number of nitrogens with one attached hydrogen (secondary N) is 1. The number of carbonyl (C=O) groups excluding carboxylic acids is 1. The quantitative estimate of drug-likeness (QED) is 0.459. The molecule has 0 saturated carbocycles. The van der Waals surface area contributed by atoms with Crippen LogP contribution in [-0.4, -0.2) is 22.8 Å². The lowest BCUT2D eigenvalue weighted by molar-refractivity contribution is 0.112. The summed E-state index contributed by atoms with van der Waals surface area (Å²) in [5.41, 5.74) is 0.513. The molecule has 0 spiro atoms. The van der Waals surface area contributed by atoms with Gasteiger partial charge < -0.3 is 5.32 Å². The Hall–Kier alpha value is -1.45. The lowest BCUT2D eigenvalue weighted by Gasteiger charge is -2.04. The number of aldehydes is 1. The highest BCUT2D eigenvalue weighted by atomic mass is 16.1. The molecule has 0 amide bonds. The molecule has 0 atom stereocenters. The van der Waals surface area contributed by atoms with Crippen LogP contribution in [0.5, 0.6) is 0 Å². The van der Waals surface area contributed by atoms with Gasteiger partial charge in [0.25, 0.3) is 0 Å². The van der Waals surface area contributed by atoms with E-state index in [0.717, 1.165) is 19.3 Å². The predicted octanol–water partition coefficient (Wildman–Crippen LogP) is 4.23. The highest BCUT2D eigenvalue weighted by Gasteiger charge is 1.96. The highest BCUT2D eigenvalue weighted by Crippen LogP contribution is 2.09. The fourth-order valence-corrected chi connectivity index (χ4v) is 2.13. The lowest BCUT2D eigenvalue weighted by Crippen LogP contribution is -2.05. The molecule has 20 heavy (non-hydrogen) atoms. The minimum Gasteiger partial charge on any atom is -0.354 e. The molecule has 0 aromatic carbocycles. The summed E-state index contributed by atoms with van der Waals surface area (Å²) in [5, 5.41) is 3.18. The summed E-state index contributed by atoms with van der Waals surface area (Å²) >= 11 is 0. The number of rotatable bonds is 12. The van der Waals surface area contributed by atoms with Gasteiger partial charge in [0.2, 0.25) is 5.95 Å². The van der Waals surface area contributed by atoms with Crippen molar-refractivity contribution in [2.45, 2.75) is 64.7 Å². The molecule has 0 radical (unpaired) electrons.